The zero-order chi connectivity index (χ0) is 16.5. The molecule has 7 nitrogen and oxygen atoms in total. The summed E-state index contributed by atoms with van der Waals surface area (Å²) in [4.78, 5) is 0. The van der Waals surface area contributed by atoms with E-state index in [-0.39, 0.29) is 6.01 Å². The lowest BCUT2D eigenvalue weighted by Gasteiger charge is -2.05. The maximum absolute atomic E-state index is 5.53. The van der Waals surface area contributed by atoms with Gasteiger partial charge in [-0.05, 0) is 23.8 Å². The first-order valence-electron chi connectivity index (χ1n) is 7.42. The van der Waals surface area contributed by atoms with Crippen molar-refractivity contribution in [2.24, 2.45) is 0 Å². The van der Waals surface area contributed by atoms with Crippen LogP contribution in [0.2, 0.25) is 0 Å². The first kappa shape index (κ1) is 14.3. The second-order valence-corrected chi connectivity index (χ2v) is 5.32. The van der Waals surface area contributed by atoms with Gasteiger partial charge in [0.15, 0.2) is 5.69 Å². The SMILES string of the molecule is COc1ccc(Cn2nc(-c3nnc(N)o3)c3ccccc32)cc1. The fraction of sp³-hybridized carbons (Fsp3) is 0.118. The van der Waals surface area contributed by atoms with Crippen molar-refractivity contribution in [2.75, 3.05) is 12.8 Å². The molecule has 2 heterocycles. The van der Waals surface area contributed by atoms with Crippen molar-refractivity contribution in [1.82, 2.24) is 20.0 Å². The van der Waals surface area contributed by atoms with E-state index in [1.165, 1.54) is 0 Å². The molecule has 0 amide bonds. The molecule has 0 bridgehead atoms. The lowest BCUT2D eigenvalue weighted by Crippen LogP contribution is -2.01. The number of hydrogen-bond acceptors (Lipinski definition) is 6. The van der Waals surface area contributed by atoms with Gasteiger partial charge in [0.1, 0.15) is 5.75 Å². The van der Waals surface area contributed by atoms with E-state index >= 15 is 0 Å². The van der Waals surface area contributed by atoms with Crippen LogP contribution in [0.1, 0.15) is 5.56 Å². The minimum atomic E-state index is 0.0267. The van der Waals surface area contributed by atoms with E-state index in [0.717, 1.165) is 22.2 Å². The van der Waals surface area contributed by atoms with E-state index in [1.807, 2.05) is 53.2 Å². The molecule has 0 radical (unpaired) electrons. The van der Waals surface area contributed by atoms with E-state index in [9.17, 15) is 0 Å². The average molecular weight is 321 g/mol. The molecule has 4 rings (SSSR count). The van der Waals surface area contributed by atoms with Crippen LogP contribution in [-0.2, 0) is 6.54 Å². The highest BCUT2D eigenvalue weighted by Gasteiger charge is 2.17. The van der Waals surface area contributed by atoms with Gasteiger partial charge in [-0.25, -0.2) is 0 Å². The molecule has 0 unspecified atom stereocenters. The number of anilines is 1. The van der Waals surface area contributed by atoms with Gasteiger partial charge in [-0.3, -0.25) is 4.68 Å². The summed E-state index contributed by atoms with van der Waals surface area (Å²) in [5.74, 6) is 1.14. The zero-order valence-electron chi connectivity index (χ0n) is 13.0. The van der Waals surface area contributed by atoms with E-state index in [1.54, 1.807) is 7.11 Å². The Morgan fingerprint density at radius 1 is 1.08 bits per heavy atom. The summed E-state index contributed by atoms with van der Waals surface area (Å²) < 4.78 is 12.4. The molecule has 7 heteroatoms. The third-order valence-corrected chi connectivity index (χ3v) is 3.79. The Labute approximate surface area is 137 Å². The summed E-state index contributed by atoms with van der Waals surface area (Å²) in [5.41, 5.74) is 8.26. The molecule has 24 heavy (non-hydrogen) atoms. The quantitative estimate of drug-likeness (QED) is 0.621. The predicted molar refractivity (Wildman–Crippen MR) is 89.5 cm³/mol. The Morgan fingerprint density at radius 3 is 2.58 bits per heavy atom. The van der Waals surface area contributed by atoms with Crippen molar-refractivity contribution < 1.29 is 9.15 Å². The lowest BCUT2D eigenvalue weighted by molar-refractivity contribution is 0.414. The number of fused-ring (bicyclic) bond motifs is 1. The van der Waals surface area contributed by atoms with E-state index in [0.29, 0.717) is 18.1 Å². The molecule has 2 N–H and O–H groups in total. The maximum Gasteiger partial charge on any atom is 0.313 e. The molecule has 0 aliphatic heterocycles. The first-order valence-corrected chi connectivity index (χ1v) is 7.42. The molecule has 2 aromatic heterocycles. The fourth-order valence-corrected chi connectivity index (χ4v) is 2.64. The third-order valence-electron chi connectivity index (χ3n) is 3.79. The zero-order valence-corrected chi connectivity index (χ0v) is 13.0. The molecule has 0 fully saturated rings. The summed E-state index contributed by atoms with van der Waals surface area (Å²) in [5, 5.41) is 13.2. The summed E-state index contributed by atoms with van der Waals surface area (Å²) in [7, 11) is 1.65. The van der Waals surface area contributed by atoms with Crippen molar-refractivity contribution in [3.63, 3.8) is 0 Å². The number of ether oxygens (including phenoxy) is 1. The maximum atomic E-state index is 5.53. The van der Waals surface area contributed by atoms with Gasteiger partial charge in [-0.2, -0.15) is 5.10 Å². The van der Waals surface area contributed by atoms with Gasteiger partial charge in [0, 0.05) is 5.39 Å². The van der Waals surface area contributed by atoms with Crippen molar-refractivity contribution in [3.05, 3.63) is 54.1 Å². The summed E-state index contributed by atoms with van der Waals surface area (Å²) in [6, 6.07) is 15.8. The Balaban J connectivity index is 1.77. The summed E-state index contributed by atoms with van der Waals surface area (Å²) >= 11 is 0. The Morgan fingerprint density at radius 2 is 1.88 bits per heavy atom. The largest absolute Gasteiger partial charge is 0.497 e. The Kier molecular flexibility index (Phi) is 3.38. The number of nitrogens with two attached hydrogens (primary N) is 1. The standard InChI is InChI=1S/C17H15N5O2/c1-23-12-8-6-11(7-9-12)10-22-14-5-3-2-4-13(14)15(21-22)16-19-20-17(18)24-16/h2-9H,10H2,1H3,(H2,18,20). The van der Waals surface area contributed by atoms with Crippen LogP contribution in [0.15, 0.2) is 52.9 Å². The predicted octanol–water partition coefficient (Wildman–Crippen LogP) is 2.73. The van der Waals surface area contributed by atoms with Gasteiger partial charge < -0.3 is 14.9 Å². The number of para-hydroxylation sites is 1. The van der Waals surface area contributed by atoms with Gasteiger partial charge in [-0.15, -0.1) is 5.10 Å². The molecule has 0 atom stereocenters. The average Bonchev–Trinajstić information content (AvgIpc) is 3.20. The molecular weight excluding hydrogens is 306 g/mol. The number of nitrogens with zero attached hydrogens (tertiary/aromatic N) is 4. The smallest absolute Gasteiger partial charge is 0.313 e. The lowest BCUT2D eigenvalue weighted by atomic mass is 10.2. The monoisotopic (exact) mass is 321 g/mol. The second-order valence-electron chi connectivity index (χ2n) is 5.32. The Bertz CT molecular complexity index is 988. The van der Waals surface area contributed by atoms with Gasteiger partial charge in [-0.1, -0.05) is 35.4 Å². The van der Waals surface area contributed by atoms with Crippen LogP contribution < -0.4 is 10.5 Å². The van der Waals surface area contributed by atoms with Crippen molar-refractivity contribution in [3.8, 4) is 17.3 Å². The number of hydrogen-bond donors (Lipinski definition) is 1. The van der Waals surface area contributed by atoms with Crippen molar-refractivity contribution in [2.45, 2.75) is 6.54 Å². The first-order chi connectivity index (χ1) is 11.7. The van der Waals surface area contributed by atoms with E-state index in [2.05, 4.69) is 15.3 Å². The number of methoxy groups -OCH3 is 1. The van der Waals surface area contributed by atoms with Crippen LogP contribution in [0.5, 0.6) is 5.75 Å². The van der Waals surface area contributed by atoms with Gasteiger partial charge in [0.05, 0.1) is 19.2 Å². The van der Waals surface area contributed by atoms with Crippen LogP contribution in [0, 0.1) is 0 Å². The molecule has 0 aliphatic carbocycles. The minimum absolute atomic E-state index is 0.0267. The normalized spacial score (nSPS) is 11.0. The van der Waals surface area contributed by atoms with Crippen LogP contribution in [-0.4, -0.2) is 27.1 Å². The number of aromatic nitrogens is 4. The summed E-state index contributed by atoms with van der Waals surface area (Å²) in [6.45, 7) is 0.619. The molecular formula is C17H15N5O2. The van der Waals surface area contributed by atoms with Crippen LogP contribution in [0.4, 0.5) is 6.01 Å². The van der Waals surface area contributed by atoms with E-state index in [4.69, 9.17) is 14.9 Å². The van der Waals surface area contributed by atoms with Gasteiger partial charge in [0.2, 0.25) is 0 Å². The second kappa shape index (κ2) is 5.69. The highest BCUT2D eigenvalue weighted by Crippen LogP contribution is 2.28. The molecule has 0 saturated heterocycles. The van der Waals surface area contributed by atoms with Gasteiger partial charge in [0.25, 0.3) is 5.89 Å². The fourth-order valence-electron chi connectivity index (χ4n) is 2.64. The molecule has 4 aromatic rings. The highest BCUT2D eigenvalue weighted by molar-refractivity contribution is 5.91. The highest BCUT2D eigenvalue weighted by atomic mass is 16.5. The number of benzene rings is 2. The van der Waals surface area contributed by atoms with Crippen molar-refractivity contribution >= 4 is 16.9 Å². The summed E-state index contributed by atoms with van der Waals surface area (Å²) in [6.07, 6.45) is 0. The number of rotatable bonds is 4. The van der Waals surface area contributed by atoms with Crippen molar-refractivity contribution in [1.29, 1.82) is 0 Å². The molecule has 0 aliphatic rings. The minimum Gasteiger partial charge on any atom is -0.497 e. The van der Waals surface area contributed by atoms with E-state index < -0.39 is 0 Å². The molecule has 2 aromatic carbocycles. The van der Waals surface area contributed by atoms with Crippen LogP contribution >= 0.6 is 0 Å². The topological polar surface area (TPSA) is 92.0 Å². The number of nitrogen functional groups attached to an aromatic ring is 1. The molecule has 0 spiro atoms. The molecule has 0 saturated carbocycles. The van der Waals surface area contributed by atoms with Gasteiger partial charge >= 0.3 is 6.01 Å². The van der Waals surface area contributed by atoms with Crippen LogP contribution in [0.25, 0.3) is 22.5 Å². The third kappa shape index (κ3) is 2.45. The molecule has 120 valence electrons. The Hall–Kier alpha value is -3.35. The van der Waals surface area contributed by atoms with Crippen LogP contribution in [0.3, 0.4) is 0 Å².